The lowest BCUT2D eigenvalue weighted by Gasteiger charge is -2.63. The number of aliphatic hydroxyl groups is 6. The molecule has 0 aromatic heterocycles. The van der Waals surface area contributed by atoms with E-state index in [9.17, 15) is 35.4 Å². The molecule has 21 unspecified atom stereocenters. The summed E-state index contributed by atoms with van der Waals surface area (Å²) in [6, 6.07) is 0. The zero-order valence-electron chi connectivity index (χ0n) is 32.9. The molecular weight excluding hydrogens is 716 g/mol. The predicted molar refractivity (Wildman–Crippen MR) is 193 cm³/mol. The van der Waals surface area contributed by atoms with Crippen molar-refractivity contribution in [2.75, 3.05) is 6.61 Å². The third kappa shape index (κ3) is 7.05. The summed E-state index contributed by atoms with van der Waals surface area (Å²) < 4.78 is 43.2. The molecule has 14 heteroatoms. The first-order valence-corrected chi connectivity index (χ1v) is 20.9. The fourth-order valence-corrected chi connectivity index (χ4v) is 12.8. The van der Waals surface area contributed by atoms with Gasteiger partial charge in [0.2, 0.25) is 0 Å². The number of esters is 1. The monoisotopic (exact) mass is 780 g/mol. The number of aliphatic hydroxyl groups excluding tert-OH is 5. The van der Waals surface area contributed by atoms with Crippen molar-refractivity contribution in [3.05, 3.63) is 11.6 Å². The number of ether oxygens (including phenoxy) is 7. The highest BCUT2D eigenvalue weighted by atomic mass is 16.7. The Hall–Kier alpha value is -1.27. The van der Waals surface area contributed by atoms with Crippen LogP contribution in [-0.4, -0.2) is 135 Å². The van der Waals surface area contributed by atoms with Gasteiger partial charge in [0.1, 0.15) is 24.9 Å². The lowest BCUT2D eigenvalue weighted by molar-refractivity contribution is -0.344. The van der Waals surface area contributed by atoms with Crippen LogP contribution in [0.1, 0.15) is 105 Å². The van der Waals surface area contributed by atoms with Crippen LogP contribution in [-0.2, 0) is 38.0 Å². The number of rotatable bonds is 7. The molecule has 4 aliphatic heterocycles. The molecule has 4 heterocycles. The number of hydrogen-bond acceptors (Lipinski definition) is 14. The summed E-state index contributed by atoms with van der Waals surface area (Å²) in [7, 11) is 0. The highest BCUT2D eigenvalue weighted by molar-refractivity contribution is 5.85. The SMILES string of the molecule is CC1OC(OC2CC(OC3CCC4(C)C(CCC5C4CCC4(C)C(C6=CC(=O)OC6)C(O)CC54O)C3)OC(C)C2OC2CC(O)C(O)C(C)O2)CC(O)C1O. The maximum Gasteiger partial charge on any atom is 0.331 e. The molecule has 3 saturated heterocycles. The lowest BCUT2D eigenvalue weighted by atomic mass is 9.43. The van der Waals surface area contributed by atoms with Gasteiger partial charge >= 0.3 is 5.97 Å². The van der Waals surface area contributed by atoms with Crippen molar-refractivity contribution in [2.24, 2.45) is 34.5 Å². The second kappa shape index (κ2) is 15.1. The van der Waals surface area contributed by atoms with Crippen LogP contribution in [0.25, 0.3) is 0 Å². The van der Waals surface area contributed by atoms with E-state index in [4.69, 9.17) is 33.2 Å². The Bertz CT molecular complexity index is 1420. The highest BCUT2D eigenvalue weighted by Crippen LogP contribution is 2.70. The van der Waals surface area contributed by atoms with E-state index in [1.54, 1.807) is 13.8 Å². The van der Waals surface area contributed by atoms with E-state index >= 15 is 0 Å². The van der Waals surface area contributed by atoms with Crippen molar-refractivity contribution in [3.63, 3.8) is 0 Å². The number of fused-ring (bicyclic) bond motifs is 5. The minimum absolute atomic E-state index is 0.00949. The van der Waals surface area contributed by atoms with Gasteiger partial charge in [-0.2, -0.15) is 0 Å². The average Bonchev–Trinajstić information content (AvgIpc) is 3.63. The van der Waals surface area contributed by atoms with E-state index in [0.717, 1.165) is 50.5 Å². The van der Waals surface area contributed by atoms with Gasteiger partial charge in [-0.3, -0.25) is 0 Å². The zero-order chi connectivity index (χ0) is 39.2. The maximum atomic E-state index is 12.6. The Morgan fingerprint density at radius 1 is 0.709 bits per heavy atom. The van der Waals surface area contributed by atoms with Crippen molar-refractivity contribution in [1.82, 2.24) is 0 Å². The molecule has 4 aliphatic carbocycles. The van der Waals surface area contributed by atoms with E-state index < -0.39 is 90.9 Å². The van der Waals surface area contributed by atoms with Gasteiger partial charge in [0.25, 0.3) is 0 Å². The lowest BCUT2D eigenvalue weighted by Crippen LogP contribution is -2.62. The molecule has 55 heavy (non-hydrogen) atoms. The van der Waals surface area contributed by atoms with Gasteiger partial charge in [-0.05, 0) is 94.5 Å². The smallest absolute Gasteiger partial charge is 0.331 e. The summed E-state index contributed by atoms with van der Waals surface area (Å²) in [6.45, 7) is 9.97. The van der Waals surface area contributed by atoms with Crippen LogP contribution in [0.4, 0.5) is 0 Å². The van der Waals surface area contributed by atoms with Crippen LogP contribution in [0, 0.1) is 34.5 Å². The number of hydrogen-bond donors (Lipinski definition) is 6. The summed E-state index contributed by atoms with van der Waals surface area (Å²) >= 11 is 0. The fourth-order valence-electron chi connectivity index (χ4n) is 12.8. The quantitative estimate of drug-likeness (QED) is 0.162. The molecule has 6 N–H and O–H groups in total. The molecule has 21 atom stereocenters. The Labute approximate surface area is 323 Å². The number of carbonyl (C=O) groups excluding carboxylic acids is 1. The van der Waals surface area contributed by atoms with Crippen molar-refractivity contribution >= 4 is 5.97 Å². The van der Waals surface area contributed by atoms with E-state index in [0.29, 0.717) is 24.7 Å². The molecule has 0 amide bonds. The standard InChI is InChI=1S/C41H64O14/c1-19-36(46)27(42)14-32(50-19)54-30-16-34(52-21(3)38(30)55-33-15-28(43)37(47)20(2)51-33)53-24-8-10-39(4)23(13-24)6-7-26-25(39)9-11-40(5)35(22-12-31(45)49-18-22)29(44)17-41(26,40)48/h12,19-21,23-30,32-38,42-44,46-48H,6-11,13-18H2,1-5H3. The van der Waals surface area contributed by atoms with E-state index in [-0.39, 0.29) is 48.8 Å². The third-order valence-electron chi connectivity index (χ3n) is 15.8. The normalized spacial score (nSPS) is 55.5. The predicted octanol–water partition coefficient (Wildman–Crippen LogP) is 2.22. The van der Waals surface area contributed by atoms with Crippen molar-refractivity contribution < 1.29 is 68.6 Å². The molecular formula is C41H64O14. The van der Waals surface area contributed by atoms with Gasteiger partial charge in [0.15, 0.2) is 18.9 Å². The fraction of sp³-hybridized carbons (Fsp3) is 0.927. The van der Waals surface area contributed by atoms with Crippen LogP contribution in [0.5, 0.6) is 0 Å². The number of carbonyl (C=O) groups is 1. The summed E-state index contributed by atoms with van der Waals surface area (Å²) in [4.78, 5) is 12.0. The van der Waals surface area contributed by atoms with Gasteiger partial charge in [-0.25, -0.2) is 4.79 Å². The van der Waals surface area contributed by atoms with E-state index in [2.05, 4.69) is 13.8 Å². The Kier molecular flexibility index (Phi) is 11.1. The Morgan fingerprint density at radius 3 is 1.98 bits per heavy atom. The van der Waals surface area contributed by atoms with Crippen LogP contribution >= 0.6 is 0 Å². The van der Waals surface area contributed by atoms with Gasteiger partial charge in [-0.15, -0.1) is 0 Å². The molecule has 312 valence electrons. The van der Waals surface area contributed by atoms with Crippen LogP contribution in [0.15, 0.2) is 11.6 Å². The largest absolute Gasteiger partial charge is 0.458 e. The third-order valence-corrected chi connectivity index (χ3v) is 15.8. The summed E-state index contributed by atoms with van der Waals surface area (Å²) in [5.41, 5.74) is -0.743. The molecule has 0 aromatic carbocycles. The second-order valence-corrected chi connectivity index (χ2v) is 18.9. The zero-order valence-corrected chi connectivity index (χ0v) is 32.9. The Morgan fingerprint density at radius 2 is 1.35 bits per heavy atom. The van der Waals surface area contributed by atoms with Gasteiger partial charge < -0.3 is 63.8 Å². The van der Waals surface area contributed by atoms with Crippen LogP contribution < -0.4 is 0 Å². The topological polar surface area (TPSA) is 203 Å². The molecule has 7 fully saturated rings. The van der Waals surface area contributed by atoms with Crippen LogP contribution in [0.2, 0.25) is 0 Å². The molecule has 8 aliphatic rings. The molecule has 0 radical (unpaired) electrons. The van der Waals surface area contributed by atoms with E-state index in [1.807, 2.05) is 6.92 Å². The first kappa shape index (κ1) is 40.5. The first-order chi connectivity index (χ1) is 26.0. The average molecular weight is 781 g/mol. The maximum absolute atomic E-state index is 12.6. The van der Waals surface area contributed by atoms with E-state index in [1.165, 1.54) is 6.08 Å². The Balaban J connectivity index is 0.936. The molecule has 0 spiro atoms. The first-order valence-electron chi connectivity index (χ1n) is 20.9. The molecule has 8 rings (SSSR count). The molecule has 14 nitrogen and oxygen atoms in total. The van der Waals surface area contributed by atoms with Crippen LogP contribution in [0.3, 0.4) is 0 Å². The summed E-state index contributed by atoms with van der Waals surface area (Å²) in [5, 5.41) is 65.5. The van der Waals surface area contributed by atoms with Crippen molar-refractivity contribution in [2.45, 2.75) is 197 Å². The van der Waals surface area contributed by atoms with Gasteiger partial charge in [-0.1, -0.05) is 13.8 Å². The van der Waals surface area contributed by atoms with Crippen molar-refractivity contribution in [1.29, 1.82) is 0 Å². The van der Waals surface area contributed by atoms with Crippen molar-refractivity contribution in [3.8, 4) is 0 Å². The molecule has 0 bridgehead atoms. The second-order valence-electron chi connectivity index (χ2n) is 18.9. The van der Waals surface area contributed by atoms with Gasteiger partial charge in [0, 0.05) is 43.1 Å². The molecule has 4 saturated carbocycles. The highest BCUT2D eigenvalue weighted by Gasteiger charge is 2.70. The minimum Gasteiger partial charge on any atom is -0.458 e. The summed E-state index contributed by atoms with van der Waals surface area (Å²) in [6.07, 6.45) is -1.45. The summed E-state index contributed by atoms with van der Waals surface area (Å²) in [5.74, 6) is 0.103. The number of cyclic esters (lactones) is 1. The van der Waals surface area contributed by atoms with Gasteiger partial charge in [0.05, 0.1) is 54.4 Å². The molecule has 0 aromatic rings. The minimum atomic E-state index is -1.03.